The van der Waals surface area contributed by atoms with Crippen molar-refractivity contribution in [3.63, 3.8) is 0 Å². The van der Waals surface area contributed by atoms with Gasteiger partial charge in [0.2, 0.25) is 0 Å². The maximum absolute atomic E-state index is 8.55. The lowest BCUT2D eigenvalue weighted by Crippen LogP contribution is -2.23. The van der Waals surface area contributed by atoms with Gasteiger partial charge < -0.3 is 9.47 Å². The van der Waals surface area contributed by atoms with E-state index in [0.29, 0.717) is 25.2 Å². The number of hydrogen-bond acceptors (Lipinski definition) is 3. The van der Waals surface area contributed by atoms with Gasteiger partial charge in [0.15, 0.2) is 0 Å². The Labute approximate surface area is 105 Å². The third kappa shape index (κ3) is 2.34. The Hall–Kier alpha value is -1.55. The standard InChI is InChI=1S/C13H15N3O2/c14-16-15-12-10(6-11-13(12)18-11)8-17-7-9-4-2-1-3-5-9/h1-5,10-13H,6-8H2/t10-,11+,12-,13+/m1/s1. The molecule has 4 atom stereocenters. The van der Waals surface area contributed by atoms with Crippen LogP contribution in [0.1, 0.15) is 12.0 Å². The molecule has 18 heavy (non-hydrogen) atoms. The highest BCUT2D eigenvalue weighted by atomic mass is 16.6. The van der Waals surface area contributed by atoms with Crippen molar-refractivity contribution < 1.29 is 9.47 Å². The van der Waals surface area contributed by atoms with Gasteiger partial charge in [0.25, 0.3) is 0 Å². The first-order valence-corrected chi connectivity index (χ1v) is 6.20. The summed E-state index contributed by atoms with van der Waals surface area (Å²) in [4.78, 5) is 2.90. The van der Waals surface area contributed by atoms with Crippen LogP contribution in [0.3, 0.4) is 0 Å². The van der Waals surface area contributed by atoms with Crippen molar-refractivity contribution in [2.24, 2.45) is 11.0 Å². The van der Waals surface area contributed by atoms with Gasteiger partial charge in [-0.15, -0.1) is 0 Å². The summed E-state index contributed by atoms with van der Waals surface area (Å²) in [5, 5.41) is 3.83. The molecule has 0 unspecified atom stereocenters. The second kappa shape index (κ2) is 4.98. The maximum Gasteiger partial charge on any atom is 0.0930 e. The van der Waals surface area contributed by atoms with Crippen molar-refractivity contribution in [3.05, 3.63) is 46.3 Å². The largest absolute Gasteiger partial charge is 0.376 e. The maximum atomic E-state index is 8.55. The van der Waals surface area contributed by atoms with Crippen LogP contribution in [0.2, 0.25) is 0 Å². The van der Waals surface area contributed by atoms with Gasteiger partial charge >= 0.3 is 0 Å². The van der Waals surface area contributed by atoms with Crippen LogP contribution < -0.4 is 0 Å². The van der Waals surface area contributed by atoms with Gasteiger partial charge in [-0.05, 0) is 23.4 Å². The van der Waals surface area contributed by atoms with Crippen LogP contribution >= 0.6 is 0 Å². The molecule has 1 aromatic rings. The average molecular weight is 245 g/mol. The zero-order valence-electron chi connectivity index (χ0n) is 9.98. The molecule has 2 fully saturated rings. The minimum Gasteiger partial charge on any atom is -0.376 e. The first kappa shape index (κ1) is 11.5. The first-order valence-electron chi connectivity index (χ1n) is 6.20. The molecular formula is C13H15N3O2. The lowest BCUT2D eigenvalue weighted by Gasteiger charge is -2.17. The minimum atomic E-state index is -0.0456. The van der Waals surface area contributed by atoms with Crippen LogP contribution in [0.5, 0.6) is 0 Å². The summed E-state index contributed by atoms with van der Waals surface area (Å²) in [5.41, 5.74) is 9.71. The van der Waals surface area contributed by atoms with Gasteiger partial charge in [-0.3, -0.25) is 0 Å². The predicted molar refractivity (Wildman–Crippen MR) is 65.8 cm³/mol. The highest BCUT2D eigenvalue weighted by Crippen LogP contribution is 2.44. The Morgan fingerprint density at radius 1 is 1.39 bits per heavy atom. The molecule has 5 heteroatoms. The third-order valence-electron chi connectivity index (χ3n) is 3.60. The predicted octanol–water partition coefficient (Wildman–Crippen LogP) is 2.67. The van der Waals surface area contributed by atoms with Crippen LogP contribution in [0, 0.1) is 5.92 Å². The molecule has 1 aliphatic heterocycles. The van der Waals surface area contributed by atoms with Gasteiger partial charge in [-0.2, -0.15) is 0 Å². The van der Waals surface area contributed by atoms with E-state index in [1.165, 1.54) is 0 Å². The van der Waals surface area contributed by atoms with E-state index in [2.05, 4.69) is 10.0 Å². The molecule has 0 radical (unpaired) electrons. The van der Waals surface area contributed by atoms with Gasteiger partial charge in [0.1, 0.15) is 0 Å². The molecule has 1 saturated heterocycles. The van der Waals surface area contributed by atoms with Crippen molar-refractivity contribution in [1.82, 2.24) is 0 Å². The summed E-state index contributed by atoms with van der Waals surface area (Å²) in [5.74, 6) is 0.299. The number of hydrogen-bond donors (Lipinski definition) is 0. The molecule has 3 rings (SSSR count). The molecule has 1 aromatic carbocycles. The van der Waals surface area contributed by atoms with Crippen LogP contribution in [0.4, 0.5) is 0 Å². The monoisotopic (exact) mass is 245 g/mol. The van der Waals surface area contributed by atoms with Crippen LogP contribution in [-0.2, 0) is 16.1 Å². The summed E-state index contributed by atoms with van der Waals surface area (Å²) in [7, 11) is 0. The Bertz CT molecular complexity index is 459. The normalized spacial score (nSPS) is 32.7. The second-order valence-electron chi connectivity index (χ2n) is 4.83. The smallest absolute Gasteiger partial charge is 0.0930 e. The van der Waals surface area contributed by atoms with E-state index >= 15 is 0 Å². The van der Waals surface area contributed by atoms with Crippen LogP contribution in [0.15, 0.2) is 35.4 Å². The molecule has 0 amide bonds. The summed E-state index contributed by atoms with van der Waals surface area (Å²) < 4.78 is 11.1. The zero-order valence-corrected chi connectivity index (χ0v) is 9.98. The summed E-state index contributed by atoms with van der Waals surface area (Å²) in [6.45, 7) is 1.24. The zero-order chi connectivity index (χ0) is 12.4. The van der Waals surface area contributed by atoms with Crippen molar-refractivity contribution in [3.8, 4) is 0 Å². The number of epoxide rings is 1. The fourth-order valence-corrected chi connectivity index (χ4v) is 2.64. The topological polar surface area (TPSA) is 70.5 Å². The van der Waals surface area contributed by atoms with Crippen molar-refractivity contribution >= 4 is 0 Å². The highest BCUT2D eigenvalue weighted by molar-refractivity contribution is 5.13. The average Bonchev–Trinajstić information content (AvgIpc) is 3.08. The number of benzene rings is 1. The quantitative estimate of drug-likeness (QED) is 0.346. The van der Waals surface area contributed by atoms with Gasteiger partial charge in [0, 0.05) is 4.91 Å². The second-order valence-corrected chi connectivity index (χ2v) is 4.83. The fraction of sp³-hybridized carbons (Fsp3) is 0.538. The Morgan fingerprint density at radius 2 is 2.22 bits per heavy atom. The van der Waals surface area contributed by atoms with Crippen molar-refractivity contribution in [1.29, 1.82) is 0 Å². The lowest BCUT2D eigenvalue weighted by atomic mass is 10.0. The van der Waals surface area contributed by atoms with E-state index < -0.39 is 0 Å². The molecule has 0 bridgehead atoms. The Kier molecular flexibility index (Phi) is 3.19. The molecule has 1 saturated carbocycles. The molecule has 2 aliphatic rings. The van der Waals surface area contributed by atoms with Gasteiger partial charge in [-0.1, -0.05) is 35.4 Å². The number of nitrogens with zero attached hydrogens (tertiary/aromatic N) is 3. The SMILES string of the molecule is [N-]=[N+]=N[C@@H]1[C@@H](COCc2ccccc2)C[C@@H]2O[C@H]12. The molecule has 94 valence electrons. The summed E-state index contributed by atoms with van der Waals surface area (Å²) >= 11 is 0. The summed E-state index contributed by atoms with van der Waals surface area (Å²) in [6, 6.07) is 10.0. The van der Waals surface area contributed by atoms with Crippen molar-refractivity contribution in [2.75, 3.05) is 6.61 Å². The number of azide groups is 1. The molecule has 5 nitrogen and oxygen atoms in total. The molecular weight excluding hydrogens is 230 g/mol. The highest BCUT2D eigenvalue weighted by Gasteiger charge is 2.55. The molecule has 1 heterocycles. The van der Waals surface area contributed by atoms with Gasteiger partial charge in [0.05, 0.1) is 31.5 Å². The Morgan fingerprint density at radius 3 is 3.00 bits per heavy atom. The number of rotatable bonds is 5. The Balaban J connectivity index is 1.50. The third-order valence-corrected chi connectivity index (χ3v) is 3.60. The van der Waals surface area contributed by atoms with Crippen LogP contribution in [0.25, 0.3) is 10.4 Å². The van der Waals surface area contributed by atoms with E-state index in [4.69, 9.17) is 15.0 Å². The van der Waals surface area contributed by atoms with Gasteiger partial charge in [-0.25, -0.2) is 0 Å². The molecule has 1 aliphatic carbocycles. The number of fused-ring (bicyclic) bond motifs is 1. The molecule has 0 aromatic heterocycles. The van der Waals surface area contributed by atoms with E-state index in [-0.39, 0.29) is 12.1 Å². The minimum absolute atomic E-state index is 0.0456. The number of ether oxygens (including phenoxy) is 2. The summed E-state index contributed by atoms with van der Waals surface area (Å²) in [6.07, 6.45) is 1.39. The molecule has 0 N–H and O–H groups in total. The molecule has 0 spiro atoms. The van der Waals surface area contributed by atoms with E-state index in [9.17, 15) is 0 Å². The van der Waals surface area contributed by atoms with Crippen LogP contribution in [-0.4, -0.2) is 24.9 Å². The van der Waals surface area contributed by atoms with E-state index in [0.717, 1.165) is 12.0 Å². The van der Waals surface area contributed by atoms with Crippen molar-refractivity contribution in [2.45, 2.75) is 31.3 Å². The first-order chi connectivity index (χ1) is 8.88. The van der Waals surface area contributed by atoms with E-state index in [1.54, 1.807) is 0 Å². The fourth-order valence-electron chi connectivity index (χ4n) is 2.64. The van der Waals surface area contributed by atoms with E-state index in [1.807, 2.05) is 30.3 Å². The lowest BCUT2D eigenvalue weighted by molar-refractivity contribution is 0.0682.